The molecule has 4 aromatic rings. The summed E-state index contributed by atoms with van der Waals surface area (Å²) < 4.78 is 5.51. The Labute approximate surface area is 256 Å². The number of ether oxygens (including phenoxy) is 1. The number of para-hydroxylation sites is 1. The van der Waals surface area contributed by atoms with Crippen LogP contribution in [0, 0.1) is 13.8 Å². The molecule has 0 aliphatic rings. The standard InChI is InChI=1S/C35H35N3O4S/c1-5-42-29-19-17-26(18-20-29)21-31(37-34(40)27-13-7-6-8-14-27)35(41)36-28-15-10-16-30(22-28)43-25(4)33(39)38-32-23(2)11-9-12-24(32)3/h6-22,25H,5H2,1-4H3,(H,36,41)(H,37,40)(H,38,39)/b31-21+. The molecule has 4 rings (SSSR count). The molecule has 1 unspecified atom stereocenters. The number of anilines is 2. The minimum Gasteiger partial charge on any atom is -0.494 e. The van der Waals surface area contributed by atoms with E-state index >= 15 is 0 Å². The minimum absolute atomic E-state index is 0.0809. The van der Waals surface area contributed by atoms with Gasteiger partial charge >= 0.3 is 0 Å². The number of nitrogens with one attached hydrogen (secondary N) is 3. The zero-order valence-corrected chi connectivity index (χ0v) is 25.5. The van der Waals surface area contributed by atoms with Crippen LogP contribution < -0.4 is 20.7 Å². The van der Waals surface area contributed by atoms with Gasteiger partial charge < -0.3 is 20.7 Å². The van der Waals surface area contributed by atoms with Crippen LogP contribution in [0.2, 0.25) is 0 Å². The predicted octanol–water partition coefficient (Wildman–Crippen LogP) is 7.23. The van der Waals surface area contributed by atoms with Crippen LogP contribution in [-0.4, -0.2) is 29.6 Å². The van der Waals surface area contributed by atoms with E-state index < -0.39 is 11.8 Å². The van der Waals surface area contributed by atoms with Gasteiger partial charge in [0.2, 0.25) is 5.91 Å². The Morgan fingerprint density at radius 2 is 1.51 bits per heavy atom. The Morgan fingerprint density at radius 1 is 0.837 bits per heavy atom. The van der Waals surface area contributed by atoms with Crippen LogP contribution in [0.5, 0.6) is 5.75 Å². The summed E-state index contributed by atoms with van der Waals surface area (Å²) in [4.78, 5) is 40.2. The number of benzene rings is 4. The van der Waals surface area contributed by atoms with Gasteiger partial charge in [-0.25, -0.2) is 0 Å². The molecular formula is C35H35N3O4S. The number of aryl methyl sites for hydroxylation is 2. The Kier molecular flexibility index (Phi) is 10.8. The number of carbonyl (C=O) groups is 3. The molecule has 0 radical (unpaired) electrons. The van der Waals surface area contributed by atoms with E-state index in [0.717, 1.165) is 27.3 Å². The van der Waals surface area contributed by atoms with Gasteiger partial charge in [0.1, 0.15) is 11.4 Å². The molecule has 0 saturated carbocycles. The summed E-state index contributed by atoms with van der Waals surface area (Å²) in [5.74, 6) is -0.284. The second-order valence-corrected chi connectivity index (χ2v) is 11.3. The first-order valence-electron chi connectivity index (χ1n) is 14.0. The van der Waals surface area contributed by atoms with E-state index in [0.29, 0.717) is 23.6 Å². The first-order valence-corrected chi connectivity index (χ1v) is 14.9. The molecule has 0 bridgehead atoms. The molecule has 3 N–H and O–H groups in total. The number of hydrogen-bond acceptors (Lipinski definition) is 5. The normalized spacial score (nSPS) is 11.8. The minimum atomic E-state index is -0.485. The number of thioether (sulfide) groups is 1. The van der Waals surface area contributed by atoms with E-state index in [2.05, 4.69) is 16.0 Å². The van der Waals surface area contributed by atoms with Crippen LogP contribution in [0.15, 0.2) is 108 Å². The van der Waals surface area contributed by atoms with Crippen molar-refractivity contribution >= 4 is 46.9 Å². The number of hydrogen-bond donors (Lipinski definition) is 3. The van der Waals surface area contributed by atoms with Gasteiger partial charge in [0.15, 0.2) is 0 Å². The molecule has 8 heteroatoms. The fourth-order valence-electron chi connectivity index (χ4n) is 4.28. The molecule has 7 nitrogen and oxygen atoms in total. The summed E-state index contributed by atoms with van der Waals surface area (Å²) in [5.41, 5.74) is 4.59. The van der Waals surface area contributed by atoms with Crippen LogP contribution in [0.4, 0.5) is 11.4 Å². The van der Waals surface area contributed by atoms with E-state index in [9.17, 15) is 14.4 Å². The predicted molar refractivity (Wildman–Crippen MR) is 174 cm³/mol. The Balaban J connectivity index is 1.49. The highest BCUT2D eigenvalue weighted by Gasteiger charge is 2.18. The van der Waals surface area contributed by atoms with Gasteiger partial charge in [-0.2, -0.15) is 0 Å². The zero-order chi connectivity index (χ0) is 30.8. The third kappa shape index (κ3) is 8.83. The van der Waals surface area contributed by atoms with Crippen LogP contribution in [-0.2, 0) is 9.59 Å². The lowest BCUT2D eigenvalue weighted by Gasteiger charge is -2.16. The molecule has 0 heterocycles. The smallest absolute Gasteiger partial charge is 0.272 e. The van der Waals surface area contributed by atoms with Crippen molar-refractivity contribution in [1.29, 1.82) is 0 Å². The molecule has 4 aromatic carbocycles. The van der Waals surface area contributed by atoms with Crippen molar-refractivity contribution in [1.82, 2.24) is 5.32 Å². The van der Waals surface area contributed by atoms with Crippen LogP contribution in [0.25, 0.3) is 6.08 Å². The van der Waals surface area contributed by atoms with E-state index in [1.165, 1.54) is 11.8 Å². The molecular weight excluding hydrogens is 558 g/mol. The largest absolute Gasteiger partial charge is 0.494 e. The van der Waals surface area contributed by atoms with Crippen molar-refractivity contribution in [2.45, 2.75) is 37.8 Å². The first kappa shape index (κ1) is 31.1. The van der Waals surface area contributed by atoms with Crippen LogP contribution >= 0.6 is 11.8 Å². The van der Waals surface area contributed by atoms with Crippen molar-refractivity contribution in [3.8, 4) is 5.75 Å². The number of carbonyl (C=O) groups excluding carboxylic acids is 3. The highest BCUT2D eigenvalue weighted by Crippen LogP contribution is 2.28. The monoisotopic (exact) mass is 593 g/mol. The molecule has 43 heavy (non-hydrogen) atoms. The molecule has 3 amide bonds. The summed E-state index contributed by atoms with van der Waals surface area (Å²) in [6.45, 7) is 8.23. The molecule has 0 aliphatic heterocycles. The Morgan fingerprint density at radius 3 is 2.19 bits per heavy atom. The average molecular weight is 594 g/mol. The lowest BCUT2D eigenvalue weighted by atomic mass is 10.1. The molecule has 0 spiro atoms. The van der Waals surface area contributed by atoms with E-state index in [-0.39, 0.29) is 16.9 Å². The van der Waals surface area contributed by atoms with Crippen LogP contribution in [0.3, 0.4) is 0 Å². The molecule has 220 valence electrons. The second kappa shape index (κ2) is 14.9. The average Bonchev–Trinajstić information content (AvgIpc) is 3.00. The van der Waals surface area contributed by atoms with Crippen molar-refractivity contribution in [3.63, 3.8) is 0 Å². The van der Waals surface area contributed by atoms with Gasteiger partial charge in [-0.05, 0) is 92.9 Å². The second-order valence-electron chi connectivity index (χ2n) is 9.88. The summed E-state index contributed by atoms with van der Waals surface area (Å²) >= 11 is 1.39. The van der Waals surface area contributed by atoms with Crippen molar-refractivity contribution in [2.24, 2.45) is 0 Å². The van der Waals surface area contributed by atoms with E-state index in [1.54, 1.807) is 42.5 Å². The highest BCUT2D eigenvalue weighted by molar-refractivity contribution is 8.00. The summed E-state index contributed by atoms with van der Waals surface area (Å²) in [5, 5.41) is 8.30. The lowest BCUT2D eigenvalue weighted by Crippen LogP contribution is -2.30. The summed E-state index contributed by atoms with van der Waals surface area (Å²) in [6.07, 6.45) is 1.62. The van der Waals surface area contributed by atoms with E-state index in [1.807, 2.05) is 88.4 Å². The van der Waals surface area contributed by atoms with E-state index in [4.69, 9.17) is 4.74 Å². The van der Waals surface area contributed by atoms with Gasteiger partial charge in [0, 0.05) is 21.8 Å². The maximum Gasteiger partial charge on any atom is 0.272 e. The molecule has 0 aromatic heterocycles. The maximum atomic E-state index is 13.5. The van der Waals surface area contributed by atoms with Crippen molar-refractivity contribution in [2.75, 3.05) is 17.2 Å². The third-order valence-corrected chi connectivity index (χ3v) is 7.63. The topological polar surface area (TPSA) is 96.5 Å². The fraction of sp³-hybridized carbons (Fsp3) is 0.171. The lowest BCUT2D eigenvalue weighted by molar-refractivity contribution is -0.115. The van der Waals surface area contributed by atoms with Gasteiger partial charge in [0.05, 0.1) is 11.9 Å². The molecule has 0 aliphatic carbocycles. The SMILES string of the molecule is CCOc1ccc(/C=C(/NC(=O)c2ccccc2)C(=O)Nc2cccc(SC(C)C(=O)Nc3c(C)cccc3C)c2)cc1. The molecule has 0 fully saturated rings. The Bertz CT molecular complexity index is 1600. The van der Waals surface area contributed by atoms with Crippen LogP contribution in [0.1, 0.15) is 40.9 Å². The third-order valence-electron chi connectivity index (χ3n) is 6.53. The zero-order valence-electron chi connectivity index (χ0n) is 24.6. The summed E-state index contributed by atoms with van der Waals surface area (Å²) in [7, 11) is 0. The number of rotatable bonds is 11. The quantitative estimate of drug-likeness (QED) is 0.126. The number of amides is 3. The first-order chi connectivity index (χ1) is 20.7. The van der Waals surface area contributed by atoms with Crippen molar-refractivity contribution in [3.05, 3.63) is 125 Å². The Hall–Kier alpha value is -4.82. The maximum absolute atomic E-state index is 13.5. The fourth-order valence-corrected chi connectivity index (χ4v) is 5.20. The highest BCUT2D eigenvalue weighted by atomic mass is 32.2. The van der Waals surface area contributed by atoms with Gasteiger partial charge in [-0.15, -0.1) is 11.8 Å². The van der Waals surface area contributed by atoms with Gasteiger partial charge in [-0.3, -0.25) is 14.4 Å². The van der Waals surface area contributed by atoms with Crippen molar-refractivity contribution < 1.29 is 19.1 Å². The van der Waals surface area contributed by atoms with Gasteiger partial charge in [-0.1, -0.05) is 54.6 Å². The molecule has 1 atom stereocenters. The summed E-state index contributed by atoms with van der Waals surface area (Å²) in [6, 6.07) is 29.1. The molecule has 0 saturated heterocycles. The van der Waals surface area contributed by atoms with Gasteiger partial charge in [0.25, 0.3) is 11.8 Å².